The second-order valence-corrected chi connectivity index (χ2v) is 6.33. The molecule has 0 N–H and O–H groups in total. The van der Waals surface area contributed by atoms with E-state index in [1.54, 1.807) is 37.4 Å². The van der Waals surface area contributed by atoms with Crippen molar-refractivity contribution in [2.45, 2.75) is 13.5 Å². The first-order chi connectivity index (χ1) is 12.4. The van der Waals surface area contributed by atoms with Gasteiger partial charge in [-0.1, -0.05) is 23.7 Å². The van der Waals surface area contributed by atoms with Gasteiger partial charge in [-0.2, -0.15) is 0 Å². The van der Waals surface area contributed by atoms with Crippen LogP contribution in [0.2, 0.25) is 5.02 Å². The van der Waals surface area contributed by atoms with Crippen LogP contribution in [-0.4, -0.2) is 49.0 Å². The lowest BCUT2D eigenvalue weighted by Gasteiger charge is -2.22. The summed E-state index contributed by atoms with van der Waals surface area (Å²) < 4.78 is 5.00. The number of aromatic nitrogens is 1. The molecule has 1 aromatic carbocycles. The minimum atomic E-state index is -0.447. The summed E-state index contributed by atoms with van der Waals surface area (Å²) in [5, 5.41) is 0.613. The SMILES string of the molecule is CCOC(=O)CN(Cc1ccc(Cl)cc1)C(=O)c1ccnc(N(C)C)c1. The van der Waals surface area contributed by atoms with Crippen LogP contribution in [0.5, 0.6) is 0 Å². The number of nitrogens with zero attached hydrogens (tertiary/aromatic N) is 3. The van der Waals surface area contributed by atoms with E-state index in [0.717, 1.165) is 5.56 Å². The summed E-state index contributed by atoms with van der Waals surface area (Å²) in [6.45, 7) is 2.14. The highest BCUT2D eigenvalue weighted by atomic mass is 35.5. The fourth-order valence-corrected chi connectivity index (χ4v) is 2.48. The Labute approximate surface area is 158 Å². The Morgan fingerprint density at radius 3 is 2.46 bits per heavy atom. The highest BCUT2D eigenvalue weighted by molar-refractivity contribution is 6.30. The Bertz CT molecular complexity index is 763. The smallest absolute Gasteiger partial charge is 0.325 e. The highest BCUT2D eigenvalue weighted by Gasteiger charge is 2.20. The molecule has 1 aromatic heterocycles. The van der Waals surface area contributed by atoms with Crippen LogP contribution >= 0.6 is 11.6 Å². The van der Waals surface area contributed by atoms with Crippen molar-refractivity contribution in [2.75, 3.05) is 32.1 Å². The van der Waals surface area contributed by atoms with Gasteiger partial charge in [0.25, 0.3) is 5.91 Å². The molecule has 0 aliphatic rings. The zero-order valence-electron chi connectivity index (χ0n) is 15.1. The first kappa shape index (κ1) is 19.7. The van der Waals surface area contributed by atoms with Crippen LogP contribution in [0, 0.1) is 0 Å². The van der Waals surface area contributed by atoms with E-state index >= 15 is 0 Å². The van der Waals surface area contributed by atoms with Gasteiger partial charge >= 0.3 is 5.97 Å². The molecule has 1 amide bonds. The lowest BCUT2D eigenvalue weighted by molar-refractivity contribution is -0.143. The summed E-state index contributed by atoms with van der Waals surface area (Å²) in [5.41, 5.74) is 1.33. The largest absolute Gasteiger partial charge is 0.465 e. The molecule has 0 aliphatic carbocycles. The normalized spacial score (nSPS) is 10.3. The van der Waals surface area contributed by atoms with Crippen LogP contribution in [0.1, 0.15) is 22.8 Å². The van der Waals surface area contributed by atoms with Gasteiger partial charge in [-0.3, -0.25) is 9.59 Å². The zero-order valence-corrected chi connectivity index (χ0v) is 15.9. The third-order valence-electron chi connectivity index (χ3n) is 3.65. The summed E-state index contributed by atoms with van der Waals surface area (Å²) in [6, 6.07) is 10.5. The maximum absolute atomic E-state index is 13.0. The molecule has 138 valence electrons. The first-order valence-corrected chi connectivity index (χ1v) is 8.61. The topological polar surface area (TPSA) is 62.7 Å². The Morgan fingerprint density at radius 1 is 1.15 bits per heavy atom. The first-order valence-electron chi connectivity index (χ1n) is 8.23. The number of rotatable bonds is 7. The van der Waals surface area contributed by atoms with Crippen LogP contribution in [0.4, 0.5) is 5.82 Å². The molecule has 7 heteroatoms. The number of hydrogen-bond donors (Lipinski definition) is 0. The van der Waals surface area contributed by atoms with Crippen molar-refractivity contribution >= 4 is 29.3 Å². The molecule has 0 saturated carbocycles. The van der Waals surface area contributed by atoms with E-state index in [-0.39, 0.29) is 25.6 Å². The molecule has 2 rings (SSSR count). The molecule has 0 radical (unpaired) electrons. The summed E-state index contributed by atoms with van der Waals surface area (Å²) in [6.07, 6.45) is 1.58. The van der Waals surface area contributed by atoms with E-state index < -0.39 is 5.97 Å². The Kier molecular flexibility index (Phi) is 6.97. The van der Waals surface area contributed by atoms with E-state index in [9.17, 15) is 9.59 Å². The van der Waals surface area contributed by atoms with Crippen molar-refractivity contribution in [1.29, 1.82) is 0 Å². The number of carbonyl (C=O) groups is 2. The summed E-state index contributed by atoms with van der Waals surface area (Å²) in [5.74, 6) is -0.0476. The number of carbonyl (C=O) groups excluding carboxylic acids is 2. The van der Waals surface area contributed by atoms with Crippen LogP contribution in [0.15, 0.2) is 42.6 Å². The number of anilines is 1. The summed E-state index contributed by atoms with van der Waals surface area (Å²) >= 11 is 5.91. The fraction of sp³-hybridized carbons (Fsp3) is 0.316. The van der Waals surface area contributed by atoms with Gasteiger partial charge in [0.2, 0.25) is 0 Å². The van der Waals surface area contributed by atoms with Crippen molar-refractivity contribution in [3.05, 3.63) is 58.7 Å². The van der Waals surface area contributed by atoms with E-state index in [0.29, 0.717) is 16.4 Å². The number of esters is 1. The average molecular weight is 376 g/mol. The minimum absolute atomic E-state index is 0.130. The van der Waals surface area contributed by atoms with Crippen molar-refractivity contribution in [3.8, 4) is 0 Å². The number of halogens is 1. The molecule has 0 fully saturated rings. The average Bonchev–Trinajstić information content (AvgIpc) is 2.62. The van der Waals surface area contributed by atoms with Crippen LogP contribution < -0.4 is 4.90 Å². The molecule has 0 unspecified atom stereocenters. The van der Waals surface area contributed by atoms with E-state index in [4.69, 9.17) is 16.3 Å². The molecule has 1 heterocycles. The molecule has 0 aliphatic heterocycles. The number of hydrogen-bond acceptors (Lipinski definition) is 5. The second-order valence-electron chi connectivity index (χ2n) is 5.89. The molecule has 0 spiro atoms. The lowest BCUT2D eigenvalue weighted by atomic mass is 10.1. The highest BCUT2D eigenvalue weighted by Crippen LogP contribution is 2.16. The Balaban J connectivity index is 2.26. The quantitative estimate of drug-likeness (QED) is 0.696. The Morgan fingerprint density at radius 2 is 1.85 bits per heavy atom. The molecule has 2 aromatic rings. The van der Waals surface area contributed by atoms with Gasteiger partial charge in [0.05, 0.1) is 6.61 Å². The van der Waals surface area contributed by atoms with Crippen LogP contribution in [0.25, 0.3) is 0 Å². The van der Waals surface area contributed by atoms with Gasteiger partial charge in [0, 0.05) is 37.4 Å². The number of benzene rings is 1. The van der Waals surface area contributed by atoms with Gasteiger partial charge in [0.1, 0.15) is 12.4 Å². The maximum atomic E-state index is 13.0. The summed E-state index contributed by atoms with van der Waals surface area (Å²) in [7, 11) is 3.70. The van der Waals surface area contributed by atoms with Crippen molar-refractivity contribution in [2.24, 2.45) is 0 Å². The fourth-order valence-electron chi connectivity index (χ4n) is 2.35. The van der Waals surface area contributed by atoms with Crippen molar-refractivity contribution < 1.29 is 14.3 Å². The summed E-state index contributed by atoms with van der Waals surface area (Å²) in [4.78, 5) is 32.4. The molecular weight excluding hydrogens is 354 g/mol. The standard InChI is InChI=1S/C19H22ClN3O3/c1-4-26-18(24)13-23(12-14-5-7-16(20)8-6-14)19(25)15-9-10-21-17(11-15)22(2)3/h5-11H,4,12-13H2,1-3H3. The van der Waals surface area contributed by atoms with Gasteiger partial charge in [0.15, 0.2) is 0 Å². The molecule has 0 atom stereocenters. The lowest BCUT2D eigenvalue weighted by Crippen LogP contribution is -2.36. The second kappa shape index (κ2) is 9.20. The molecule has 0 bridgehead atoms. The molecule has 6 nitrogen and oxygen atoms in total. The van der Waals surface area contributed by atoms with Crippen molar-refractivity contribution in [1.82, 2.24) is 9.88 Å². The van der Waals surface area contributed by atoms with Crippen molar-refractivity contribution in [3.63, 3.8) is 0 Å². The van der Waals surface area contributed by atoms with Crippen LogP contribution in [0.3, 0.4) is 0 Å². The predicted molar refractivity (Wildman–Crippen MR) is 101 cm³/mol. The molecule has 26 heavy (non-hydrogen) atoms. The van der Waals surface area contributed by atoms with Gasteiger partial charge in [-0.05, 0) is 36.8 Å². The Hall–Kier alpha value is -2.60. The van der Waals surface area contributed by atoms with E-state index in [1.165, 1.54) is 4.90 Å². The third-order valence-corrected chi connectivity index (χ3v) is 3.90. The van der Waals surface area contributed by atoms with Gasteiger partial charge < -0.3 is 14.5 Å². The number of pyridine rings is 1. The van der Waals surface area contributed by atoms with Gasteiger partial charge in [-0.15, -0.1) is 0 Å². The third kappa shape index (κ3) is 5.46. The minimum Gasteiger partial charge on any atom is -0.465 e. The van der Waals surface area contributed by atoms with Gasteiger partial charge in [-0.25, -0.2) is 4.98 Å². The number of amides is 1. The zero-order chi connectivity index (χ0) is 19.1. The van der Waals surface area contributed by atoms with E-state index in [1.807, 2.05) is 31.1 Å². The maximum Gasteiger partial charge on any atom is 0.325 e. The predicted octanol–water partition coefficient (Wildman–Crippen LogP) is 3.01. The monoisotopic (exact) mass is 375 g/mol. The van der Waals surface area contributed by atoms with E-state index in [2.05, 4.69) is 4.98 Å². The number of ether oxygens (including phenoxy) is 1. The molecular formula is C19H22ClN3O3. The molecule has 0 saturated heterocycles. The van der Waals surface area contributed by atoms with Crippen LogP contribution in [-0.2, 0) is 16.1 Å².